The number of nitrogens with zero attached hydrogens (tertiary/aromatic N) is 3. The van der Waals surface area contributed by atoms with Crippen molar-refractivity contribution in [2.24, 2.45) is 0 Å². The molecular formula is C22H22N6O3. The smallest absolute Gasteiger partial charge is 0.294 e. The number of rotatable bonds is 6. The Labute approximate surface area is 179 Å². The number of likely N-dealkylation sites (N-methyl/N-ethyl adjacent to an activating group) is 1. The number of hydrogen-bond acceptors (Lipinski definition) is 8. The summed E-state index contributed by atoms with van der Waals surface area (Å²) in [4.78, 5) is 34.6. The zero-order valence-corrected chi connectivity index (χ0v) is 17.2. The molecule has 0 radical (unpaired) electrons. The van der Waals surface area contributed by atoms with Gasteiger partial charge in [0.15, 0.2) is 0 Å². The molecule has 158 valence electrons. The molecule has 0 fully saturated rings. The maximum atomic E-state index is 12.5. The molecule has 9 nitrogen and oxygen atoms in total. The molecule has 0 bridgehead atoms. The lowest BCUT2D eigenvalue weighted by Gasteiger charge is -2.19. The summed E-state index contributed by atoms with van der Waals surface area (Å²) in [7, 11) is 3.08. The second-order valence-corrected chi connectivity index (χ2v) is 7.08. The number of hydrogen-bond donors (Lipinski definition) is 3. The summed E-state index contributed by atoms with van der Waals surface area (Å²) in [5.74, 6) is 0.433. The number of aromatic nitrogens is 2. The molecule has 9 heteroatoms. The first-order valence-electron chi connectivity index (χ1n) is 9.74. The van der Waals surface area contributed by atoms with Crippen LogP contribution in [0.5, 0.6) is 5.75 Å². The van der Waals surface area contributed by atoms with E-state index in [1.807, 2.05) is 18.2 Å². The van der Waals surface area contributed by atoms with Gasteiger partial charge in [0, 0.05) is 38.6 Å². The average molecular weight is 418 g/mol. The number of carbonyl (C=O) groups excluding carboxylic acids is 2. The fourth-order valence-corrected chi connectivity index (χ4v) is 3.08. The van der Waals surface area contributed by atoms with Crippen LogP contribution >= 0.6 is 0 Å². The van der Waals surface area contributed by atoms with Gasteiger partial charge >= 0.3 is 0 Å². The van der Waals surface area contributed by atoms with Gasteiger partial charge in [-0.1, -0.05) is 12.1 Å². The molecule has 1 aliphatic rings. The molecule has 1 amide bonds. The van der Waals surface area contributed by atoms with Crippen LogP contribution in [0.25, 0.3) is 0 Å². The fraction of sp³-hybridized carbons (Fsp3) is 0.182. The summed E-state index contributed by atoms with van der Waals surface area (Å²) in [6.07, 6.45) is 1.60. The molecule has 1 aliphatic heterocycles. The molecule has 1 aromatic heterocycles. The highest BCUT2D eigenvalue weighted by Crippen LogP contribution is 2.31. The number of carbonyl (C=O) groups is 2. The third-order valence-corrected chi connectivity index (χ3v) is 4.60. The van der Waals surface area contributed by atoms with E-state index in [4.69, 9.17) is 4.74 Å². The van der Waals surface area contributed by atoms with Gasteiger partial charge in [-0.05, 0) is 30.3 Å². The number of Topliss-reactive ketones (excluding diaryl/α,β-unsaturated/α-hetero) is 1. The van der Waals surface area contributed by atoms with E-state index in [9.17, 15) is 9.59 Å². The van der Waals surface area contributed by atoms with Crippen LogP contribution in [0.4, 0.5) is 28.8 Å². The zero-order chi connectivity index (χ0) is 21.8. The van der Waals surface area contributed by atoms with Crippen molar-refractivity contribution in [3.63, 3.8) is 0 Å². The Hall–Kier alpha value is -4.14. The summed E-state index contributed by atoms with van der Waals surface area (Å²) < 4.78 is 5.66. The highest BCUT2D eigenvalue weighted by molar-refractivity contribution is 6.43. The number of benzene rings is 2. The molecule has 0 saturated carbocycles. The highest BCUT2D eigenvalue weighted by atomic mass is 16.5. The molecule has 0 aliphatic carbocycles. The summed E-state index contributed by atoms with van der Waals surface area (Å²) in [5, 5.41) is 9.53. The third-order valence-electron chi connectivity index (χ3n) is 4.60. The van der Waals surface area contributed by atoms with Crippen molar-refractivity contribution in [3.05, 3.63) is 60.3 Å². The lowest BCUT2D eigenvalue weighted by atomic mass is 10.1. The molecule has 4 rings (SSSR count). The molecule has 2 heterocycles. The second kappa shape index (κ2) is 8.70. The van der Waals surface area contributed by atoms with Crippen molar-refractivity contribution in [2.75, 3.05) is 43.2 Å². The molecule has 0 spiro atoms. The van der Waals surface area contributed by atoms with E-state index in [2.05, 4.69) is 25.9 Å². The van der Waals surface area contributed by atoms with Gasteiger partial charge in [-0.2, -0.15) is 4.98 Å². The van der Waals surface area contributed by atoms with Gasteiger partial charge in [-0.3, -0.25) is 9.59 Å². The van der Waals surface area contributed by atoms with Crippen LogP contribution in [0.2, 0.25) is 0 Å². The minimum atomic E-state index is -0.594. The maximum Gasteiger partial charge on any atom is 0.294 e. The summed E-state index contributed by atoms with van der Waals surface area (Å²) in [5.41, 5.74) is 2.49. The minimum Gasteiger partial charge on any atom is -0.490 e. The van der Waals surface area contributed by atoms with E-state index in [0.29, 0.717) is 24.1 Å². The lowest BCUT2D eigenvalue weighted by Crippen LogP contribution is -2.30. The van der Waals surface area contributed by atoms with Crippen LogP contribution < -0.4 is 20.7 Å². The standard InChI is InChI=1S/C22H22N6O3/c1-28(2)21(30)20(29)15-5-3-4-6-16(15)26-19-9-10-24-22(27-19)25-14-7-8-17-18(13-14)31-12-11-23-17/h3-10,13,23H,11-12H2,1-2H3,(H2,24,25,26,27). The van der Waals surface area contributed by atoms with E-state index >= 15 is 0 Å². The Morgan fingerprint density at radius 1 is 1.10 bits per heavy atom. The predicted octanol–water partition coefficient (Wildman–Crippen LogP) is 3.04. The Bertz CT molecular complexity index is 1130. The quantitative estimate of drug-likeness (QED) is 0.414. The van der Waals surface area contributed by atoms with Crippen molar-refractivity contribution in [1.82, 2.24) is 14.9 Å². The largest absolute Gasteiger partial charge is 0.490 e. The number of anilines is 5. The van der Waals surface area contributed by atoms with E-state index < -0.39 is 11.7 Å². The first kappa shape index (κ1) is 20.1. The van der Waals surface area contributed by atoms with Crippen molar-refractivity contribution >= 4 is 40.5 Å². The molecule has 0 atom stereocenters. The minimum absolute atomic E-state index is 0.272. The Kier molecular flexibility index (Phi) is 5.65. The van der Waals surface area contributed by atoms with Gasteiger partial charge in [-0.25, -0.2) is 4.98 Å². The zero-order valence-electron chi connectivity index (χ0n) is 17.2. The first-order valence-corrected chi connectivity index (χ1v) is 9.74. The van der Waals surface area contributed by atoms with E-state index in [-0.39, 0.29) is 5.56 Å². The van der Waals surface area contributed by atoms with Crippen LogP contribution in [0.3, 0.4) is 0 Å². The maximum absolute atomic E-state index is 12.5. The van der Waals surface area contributed by atoms with Crippen LogP contribution in [-0.2, 0) is 4.79 Å². The van der Waals surface area contributed by atoms with Crippen LogP contribution in [0, 0.1) is 0 Å². The van der Waals surface area contributed by atoms with Crippen LogP contribution in [0.1, 0.15) is 10.4 Å². The SMILES string of the molecule is CN(C)C(=O)C(=O)c1ccccc1Nc1ccnc(Nc2ccc3c(c2)OCCN3)n1. The normalized spacial score (nSPS) is 12.1. The lowest BCUT2D eigenvalue weighted by molar-refractivity contribution is -0.124. The van der Waals surface area contributed by atoms with Gasteiger partial charge in [0.05, 0.1) is 16.9 Å². The fourth-order valence-electron chi connectivity index (χ4n) is 3.08. The van der Waals surface area contributed by atoms with Crippen LogP contribution in [0.15, 0.2) is 54.7 Å². The van der Waals surface area contributed by atoms with Gasteiger partial charge < -0.3 is 25.6 Å². The monoisotopic (exact) mass is 418 g/mol. The molecule has 3 aromatic rings. The summed E-state index contributed by atoms with van der Waals surface area (Å²) >= 11 is 0. The number of ether oxygens (including phenoxy) is 1. The number of amides is 1. The summed E-state index contributed by atoms with van der Waals surface area (Å²) in [6.45, 7) is 1.39. The molecule has 0 saturated heterocycles. The third kappa shape index (κ3) is 4.55. The summed E-state index contributed by atoms with van der Waals surface area (Å²) in [6, 6.07) is 14.2. The van der Waals surface area contributed by atoms with Crippen molar-refractivity contribution < 1.29 is 14.3 Å². The van der Waals surface area contributed by atoms with E-state index in [1.54, 1.807) is 50.6 Å². The predicted molar refractivity (Wildman–Crippen MR) is 118 cm³/mol. The highest BCUT2D eigenvalue weighted by Gasteiger charge is 2.21. The van der Waals surface area contributed by atoms with Gasteiger partial charge in [0.2, 0.25) is 5.95 Å². The van der Waals surface area contributed by atoms with Gasteiger partial charge in [0.1, 0.15) is 18.2 Å². The van der Waals surface area contributed by atoms with E-state index in [1.165, 1.54) is 4.90 Å². The van der Waals surface area contributed by atoms with Gasteiger partial charge in [-0.15, -0.1) is 0 Å². The average Bonchev–Trinajstić information content (AvgIpc) is 2.78. The number of nitrogens with one attached hydrogen (secondary N) is 3. The number of ketones is 1. The van der Waals surface area contributed by atoms with E-state index in [0.717, 1.165) is 23.7 Å². The molecular weight excluding hydrogens is 396 g/mol. The topological polar surface area (TPSA) is 108 Å². The van der Waals surface area contributed by atoms with Crippen molar-refractivity contribution in [2.45, 2.75) is 0 Å². The Morgan fingerprint density at radius 3 is 2.77 bits per heavy atom. The molecule has 0 unspecified atom stereocenters. The second-order valence-electron chi connectivity index (χ2n) is 7.08. The van der Waals surface area contributed by atoms with Crippen molar-refractivity contribution in [3.8, 4) is 5.75 Å². The molecule has 31 heavy (non-hydrogen) atoms. The van der Waals surface area contributed by atoms with Gasteiger partial charge in [0.25, 0.3) is 11.7 Å². The molecule has 3 N–H and O–H groups in total. The number of fused-ring (bicyclic) bond motifs is 1. The first-order chi connectivity index (χ1) is 15.0. The Balaban J connectivity index is 1.54. The number of para-hydroxylation sites is 1. The molecule has 2 aromatic carbocycles. The van der Waals surface area contributed by atoms with Crippen molar-refractivity contribution in [1.29, 1.82) is 0 Å². The van der Waals surface area contributed by atoms with Crippen LogP contribution in [-0.4, -0.2) is 53.8 Å². The Morgan fingerprint density at radius 2 is 1.94 bits per heavy atom.